The molecule has 0 bridgehead atoms. The molecule has 0 saturated heterocycles. The molecule has 0 aliphatic carbocycles. The number of hydrogen-bond donors (Lipinski definition) is 1. The number of carboxylic acid groups (broad SMARTS) is 1. The fraction of sp³-hybridized carbons (Fsp3) is 0.333. The minimum absolute atomic E-state index is 0. The first-order valence-corrected chi connectivity index (χ1v) is 3.98. The van der Waals surface area contributed by atoms with Gasteiger partial charge in [0.15, 0.2) is 0 Å². The average molecular weight is 353 g/mol. The fourth-order valence-electron chi connectivity index (χ4n) is 0.0676. The maximum absolute atomic E-state index is 9.75. The molecule has 0 radical (unpaired) electrons. The number of aliphatic carboxylic acids is 1. The Morgan fingerprint density at radius 1 is 0.773 bits per heavy atom. The van der Waals surface area contributed by atoms with E-state index in [0.29, 0.717) is 0 Å². The number of carbonyl (C=O) groups is 1. The standard InChI is InChI=1S/C3H3NO2.3BF4.Li.H/c4-2-1-3(5)6;3*2-1(3,4)5;;/h1H2,(H,5,6);;;;;/q;3*-1;;. The number of nitrogens with zero attached hydrogens (tertiary/aromatic N) is 1. The summed E-state index contributed by atoms with van der Waals surface area (Å²) in [7, 11) is -18.0. The molecule has 0 aromatic rings. The van der Waals surface area contributed by atoms with E-state index < -0.39 is 34.2 Å². The van der Waals surface area contributed by atoms with Gasteiger partial charge in [-0.15, -0.1) is 0 Å². The van der Waals surface area contributed by atoms with E-state index in [1.807, 2.05) is 0 Å². The van der Waals surface area contributed by atoms with Crippen molar-refractivity contribution in [2.45, 2.75) is 6.42 Å². The van der Waals surface area contributed by atoms with Gasteiger partial charge in [-0.05, 0) is 0 Å². The molecule has 130 valence electrons. The molecule has 22 heavy (non-hydrogen) atoms. The van der Waals surface area contributed by atoms with E-state index in [4.69, 9.17) is 10.4 Å². The molecular weight excluding hydrogens is 349 g/mol. The Bertz CT molecular complexity index is 262. The van der Waals surface area contributed by atoms with Crippen LogP contribution in [-0.2, 0) is 4.79 Å². The van der Waals surface area contributed by atoms with Crippen molar-refractivity contribution in [3.05, 3.63) is 0 Å². The van der Waals surface area contributed by atoms with Crippen LogP contribution in [0.15, 0.2) is 0 Å². The number of nitriles is 1. The second kappa shape index (κ2) is 14.8. The molecule has 0 atom stereocenters. The van der Waals surface area contributed by atoms with Gasteiger partial charge in [0.1, 0.15) is 6.42 Å². The van der Waals surface area contributed by atoms with E-state index in [1.54, 1.807) is 0 Å². The molecule has 0 rings (SSSR count). The second-order valence-electron chi connectivity index (χ2n) is 2.21. The van der Waals surface area contributed by atoms with Gasteiger partial charge in [0, 0.05) is 0 Å². The Hall–Kier alpha value is -1.09. The normalized spacial score (nSPS) is 9.95. The van der Waals surface area contributed by atoms with Crippen molar-refractivity contribution in [1.29, 1.82) is 5.26 Å². The summed E-state index contributed by atoms with van der Waals surface area (Å²) in [5, 5.41) is 15.3. The molecule has 0 heterocycles. The SMILES string of the molecule is F[B-](F)(F)F.F[B-](F)(F)F.F[B-](F)(F)F.N#CCC(=O)O.[LiH]. The van der Waals surface area contributed by atoms with Gasteiger partial charge in [0.2, 0.25) is 0 Å². The Kier molecular flexibility index (Phi) is 22.1. The minimum atomic E-state index is -6.00. The van der Waals surface area contributed by atoms with Crippen molar-refractivity contribution in [2.24, 2.45) is 0 Å². The van der Waals surface area contributed by atoms with E-state index in [-0.39, 0.29) is 18.9 Å². The molecule has 0 unspecified atom stereocenters. The average Bonchev–Trinajstić information content (AvgIpc) is 1.91. The summed E-state index contributed by atoms with van der Waals surface area (Å²) < 4.78 is 117. The number of carboxylic acids is 1. The molecule has 3 nitrogen and oxygen atoms in total. The quantitative estimate of drug-likeness (QED) is 0.581. The van der Waals surface area contributed by atoms with Crippen LogP contribution in [0.5, 0.6) is 0 Å². The van der Waals surface area contributed by atoms with Crippen LogP contribution in [-0.4, -0.2) is 51.7 Å². The van der Waals surface area contributed by atoms with Gasteiger partial charge in [-0.2, -0.15) is 5.26 Å². The topological polar surface area (TPSA) is 61.1 Å². The van der Waals surface area contributed by atoms with Crippen molar-refractivity contribution in [3.63, 3.8) is 0 Å². The first-order chi connectivity index (χ1) is 8.77. The summed E-state index contributed by atoms with van der Waals surface area (Å²) in [6, 6.07) is 1.47. The van der Waals surface area contributed by atoms with E-state index in [0.717, 1.165) is 0 Å². The van der Waals surface area contributed by atoms with Crippen molar-refractivity contribution >= 4 is 46.6 Å². The predicted octanol–water partition coefficient (Wildman–Crippen LogP) is 3.24. The van der Waals surface area contributed by atoms with E-state index >= 15 is 0 Å². The Labute approximate surface area is 127 Å². The van der Waals surface area contributed by atoms with Crippen LogP contribution in [0.1, 0.15) is 6.42 Å². The van der Waals surface area contributed by atoms with Crippen LogP contribution in [0, 0.1) is 11.3 Å². The molecule has 0 aromatic heterocycles. The molecule has 0 aromatic carbocycles. The Morgan fingerprint density at radius 2 is 0.909 bits per heavy atom. The summed E-state index contributed by atoms with van der Waals surface area (Å²) in [5.74, 6) is -1.07. The van der Waals surface area contributed by atoms with Crippen molar-refractivity contribution in [1.82, 2.24) is 0 Å². The maximum atomic E-state index is 9.75. The van der Waals surface area contributed by atoms with Gasteiger partial charge >= 0.3 is 46.6 Å². The van der Waals surface area contributed by atoms with Gasteiger partial charge in [0.25, 0.3) is 0 Å². The van der Waals surface area contributed by atoms with E-state index in [1.165, 1.54) is 6.07 Å². The first kappa shape index (κ1) is 32.7. The van der Waals surface area contributed by atoms with Crippen LogP contribution in [0.3, 0.4) is 0 Å². The number of hydrogen-bond acceptors (Lipinski definition) is 2. The number of halogens is 12. The molecular formula is C3H4B3F12LiNO2-3. The van der Waals surface area contributed by atoms with Gasteiger partial charge in [-0.3, -0.25) is 4.79 Å². The molecule has 0 amide bonds. The third-order valence-electron chi connectivity index (χ3n) is 0.230. The fourth-order valence-corrected chi connectivity index (χ4v) is 0.0676. The third-order valence-corrected chi connectivity index (χ3v) is 0.230. The molecule has 0 aliphatic heterocycles. The third kappa shape index (κ3) is 1660. The van der Waals surface area contributed by atoms with Gasteiger partial charge in [-0.1, -0.05) is 0 Å². The van der Waals surface area contributed by atoms with E-state index in [9.17, 15) is 56.6 Å². The summed E-state index contributed by atoms with van der Waals surface area (Å²) in [5.41, 5.74) is 0. The second-order valence-corrected chi connectivity index (χ2v) is 2.21. The Morgan fingerprint density at radius 3 is 0.909 bits per heavy atom. The summed E-state index contributed by atoms with van der Waals surface area (Å²) in [6.45, 7) is 0. The summed E-state index contributed by atoms with van der Waals surface area (Å²) in [4.78, 5) is 9.38. The molecule has 0 fully saturated rings. The first-order valence-electron chi connectivity index (χ1n) is 3.98. The van der Waals surface area contributed by atoms with Crippen LogP contribution in [0.25, 0.3) is 0 Å². The van der Waals surface area contributed by atoms with Gasteiger partial charge in [0.05, 0.1) is 6.07 Å². The van der Waals surface area contributed by atoms with Crippen LogP contribution in [0.4, 0.5) is 51.8 Å². The van der Waals surface area contributed by atoms with E-state index in [2.05, 4.69) is 0 Å². The number of rotatable bonds is 1. The van der Waals surface area contributed by atoms with Crippen LogP contribution >= 0.6 is 0 Å². The summed E-state index contributed by atoms with van der Waals surface area (Å²) >= 11 is 0. The van der Waals surface area contributed by atoms with Crippen molar-refractivity contribution in [3.8, 4) is 6.07 Å². The Balaban J connectivity index is -0.0000000577. The zero-order valence-electron chi connectivity index (χ0n) is 9.28. The molecule has 19 heteroatoms. The van der Waals surface area contributed by atoms with Crippen LogP contribution in [0.2, 0.25) is 0 Å². The van der Waals surface area contributed by atoms with Crippen LogP contribution < -0.4 is 0 Å². The molecule has 0 saturated carbocycles. The predicted molar refractivity (Wildman–Crippen MR) is 55.6 cm³/mol. The molecule has 0 spiro atoms. The molecule has 0 aliphatic rings. The monoisotopic (exact) mass is 354 g/mol. The van der Waals surface area contributed by atoms with Gasteiger partial charge in [-0.25, -0.2) is 0 Å². The van der Waals surface area contributed by atoms with Gasteiger partial charge < -0.3 is 56.9 Å². The zero-order chi connectivity index (χ0) is 18.5. The van der Waals surface area contributed by atoms with Crippen molar-refractivity contribution < 1.29 is 61.7 Å². The molecule has 1 N–H and O–H groups in total. The summed E-state index contributed by atoms with van der Waals surface area (Å²) in [6.07, 6.45) is -0.403. The zero-order valence-corrected chi connectivity index (χ0v) is 9.28. The van der Waals surface area contributed by atoms with Crippen molar-refractivity contribution in [2.75, 3.05) is 0 Å².